The molecule has 1 rings (SSSR count). The standard InChI is InChI=1S/C17H24O3/c1-13(2)16(19)20-12-17(3,4)15(18)11-10-14-8-6-5-7-9-14/h5-11,13,15,18H,12H2,1-4H3/b11-10+/t15-/m0/s1. The molecule has 1 aromatic rings. The van der Waals surface area contributed by atoms with Crippen molar-refractivity contribution < 1.29 is 14.6 Å². The van der Waals surface area contributed by atoms with E-state index in [-0.39, 0.29) is 18.5 Å². The zero-order valence-electron chi connectivity index (χ0n) is 12.7. The van der Waals surface area contributed by atoms with Gasteiger partial charge in [0.2, 0.25) is 0 Å². The number of carbonyl (C=O) groups is 1. The minimum atomic E-state index is -0.678. The van der Waals surface area contributed by atoms with Gasteiger partial charge in [0.1, 0.15) is 0 Å². The first-order chi connectivity index (χ1) is 9.33. The Morgan fingerprint density at radius 1 is 1.30 bits per heavy atom. The van der Waals surface area contributed by atoms with Crippen LogP contribution in [0.15, 0.2) is 36.4 Å². The molecule has 0 saturated heterocycles. The highest BCUT2D eigenvalue weighted by molar-refractivity contribution is 5.71. The van der Waals surface area contributed by atoms with Crippen molar-refractivity contribution in [2.75, 3.05) is 6.61 Å². The summed E-state index contributed by atoms with van der Waals surface area (Å²) >= 11 is 0. The molecule has 3 heteroatoms. The van der Waals surface area contributed by atoms with Crippen LogP contribution in [0.3, 0.4) is 0 Å². The van der Waals surface area contributed by atoms with Gasteiger partial charge < -0.3 is 9.84 Å². The van der Waals surface area contributed by atoms with E-state index >= 15 is 0 Å². The summed E-state index contributed by atoms with van der Waals surface area (Å²) in [4.78, 5) is 11.5. The fourth-order valence-electron chi connectivity index (χ4n) is 1.54. The van der Waals surface area contributed by atoms with E-state index in [1.54, 1.807) is 19.9 Å². The van der Waals surface area contributed by atoms with E-state index in [4.69, 9.17) is 4.74 Å². The van der Waals surface area contributed by atoms with Crippen LogP contribution in [0.25, 0.3) is 6.08 Å². The van der Waals surface area contributed by atoms with Crippen LogP contribution >= 0.6 is 0 Å². The number of carbonyl (C=O) groups excluding carboxylic acids is 1. The topological polar surface area (TPSA) is 46.5 Å². The smallest absolute Gasteiger partial charge is 0.308 e. The van der Waals surface area contributed by atoms with E-state index in [9.17, 15) is 9.90 Å². The van der Waals surface area contributed by atoms with E-state index < -0.39 is 11.5 Å². The molecule has 0 fully saturated rings. The third-order valence-corrected chi connectivity index (χ3v) is 3.13. The van der Waals surface area contributed by atoms with Crippen LogP contribution in [0.1, 0.15) is 33.3 Å². The summed E-state index contributed by atoms with van der Waals surface area (Å²) in [5.41, 5.74) is 0.511. The van der Waals surface area contributed by atoms with Gasteiger partial charge >= 0.3 is 5.97 Å². The van der Waals surface area contributed by atoms with Gasteiger partial charge in [0, 0.05) is 5.41 Å². The lowest BCUT2D eigenvalue weighted by molar-refractivity contribution is -0.152. The fourth-order valence-corrected chi connectivity index (χ4v) is 1.54. The molecule has 0 unspecified atom stereocenters. The number of hydrogen-bond acceptors (Lipinski definition) is 3. The first-order valence-corrected chi connectivity index (χ1v) is 6.91. The summed E-state index contributed by atoms with van der Waals surface area (Å²) in [5, 5.41) is 10.2. The lowest BCUT2D eigenvalue weighted by Gasteiger charge is -2.28. The zero-order valence-corrected chi connectivity index (χ0v) is 12.7. The maximum Gasteiger partial charge on any atom is 0.308 e. The van der Waals surface area contributed by atoms with E-state index in [2.05, 4.69) is 0 Å². The van der Waals surface area contributed by atoms with Gasteiger partial charge in [0.25, 0.3) is 0 Å². The highest BCUT2D eigenvalue weighted by Crippen LogP contribution is 2.23. The van der Waals surface area contributed by atoms with E-state index in [0.29, 0.717) is 0 Å². The molecule has 0 amide bonds. The maximum atomic E-state index is 11.5. The first-order valence-electron chi connectivity index (χ1n) is 6.91. The second kappa shape index (κ2) is 7.25. The number of ether oxygens (including phenoxy) is 1. The molecule has 0 aliphatic carbocycles. The number of hydrogen-bond donors (Lipinski definition) is 1. The predicted octanol–water partition coefficient (Wildman–Crippen LogP) is 3.29. The lowest BCUT2D eigenvalue weighted by Crippen LogP contribution is -2.34. The molecule has 110 valence electrons. The molecule has 0 aromatic heterocycles. The molecule has 0 heterocycles. The Balaban J connectivity index is 2.58. The van der Waals surface area contributed by atoms with E-state index in [0.717, 1.165) is 5.56 Å². The molecule has 1 aromatic carbocycles. The summed E-state index contributed by atoms with van der Waals surface area (Å²) in [6, 6.07) is 9.77. The van der Waals surface area contributed by atoms with Crippen molar-refractivity contribution in [2.45, 2.75) is 33.8 Å². The highest BCUT2D eigenvalue weighted by Gasteiger charge is 2.28. The number of rotatable bonds is 6. The van der Waals surface area contributed by atoms with Crippen LogP contribution < -0.4 is 0 Å². The Hall–Kier alpha value is -1.61. The summed E-state index contributed by atoms with van der Waals surface area (Å²) in [6.45, 7) is 7.54. The molecule has 20 heavy (non-hydrogen) atoms. The van der Waals surface area contributed by atoms with Gasteiger partial charge in [0.15, 0.2) is 0 Å². The predicted molar refractivity (Wildman–Crippen MR) is 81.1 cm³/mol. The SMILES string of the molecule is CC(C)C(=O)OCC(C)(C)[C@@H](O)/C=C/c1ccccc1. The van der Waals surface area contributed by atoms with Crippen LogP contribution in [0.5, 0.6) is 0 Å². The average molecular weight is 276 g/mol. The van der Waals surface area contributed by atoms with Crippen LogP contribution in [0.4, 0.5) is 0 Å². The minimum Gasteiger partial charge on any atom is -0.465 e. The first kappa shape index (κ1) is 16.4. The monoisotopic (exact) mass is 276 g/mol. The molecule has 0 spiro atoms. The number of benzene rings is 1. The molecule has 1 atom stereocenters. The molecular weight excluding hydrogens is 252 g/mol. The Labute approximate surface area is 121 Å². The van der Waals surface area contributed by atoms with Gasteiger partial charge in [-0.2, -0.15) is 0 Å². The Kier molecular flexibility index (Phi) is 5.96. The maximum absolute atomic E-state index is 11.5. The lowest BCUT2D eigenvalue weighted by atomic mass is 9.87. The van der Waals surface area contributed by atoms with Gasteiger partial charge in [-0.05, 0) is 5.56 Å². The quantitative estimate of drug-likeness (QED) is 0.811. The number of aliphatic hydroxyl groups excluding tert-OH is 1. The Morgan fingerprint density at radius 3 is 2.45 bits per heavy atom. The minimum absolute atomic E-state index is 0.150. The van der Waals surface area contributed by atoms with Crippen molar-refractivity contribution in [3.05, 3.63) is 42.0 Å². The summed E-state index contributed by atoms with van der Waals surface area (Å²) in [5.74, 6) is -0.389. The van der Waals surface area contributed by atoms with Crippen LogP contribution in [-0.4, -0.2) is 23.8 Å². The van der Waals surface area contributed by atoms with Crippen molar-refractivity contribution in [2.24, 2.45) is 11.3 Å². The van der Waals surface area contributed by atoms with Gasteiger partial charge in [-0.1, -0.05) is 70.2 Å². The second-order valence-electron chi connectivity index (χ2n) is 5.97. The molecule has 3 nitrogen and oxygen atoms in total. The summed E-state index contributed by atoms with van der Waals surface area (Å²) in [6.07, 6.45) is 2.93. The third kappa shape index (κ3) is 5.17. The Morgan fingerprint density at radius 2 is 1.90 bits per heavy atom. The van der Waals surface area contributed by atoms with Crippen molar-refractivity contribution in [3.63, 3.8) is 0 Å². The molecule has 1 N–H and O–H groups in total. The fraction of sp³-hybridized carbons (Fsp3) is 0.471. The molecule has 0 aliphatic rings. The zero-order chi connectivity index (χ0) is 15.2. The number of esters is 1. The van der Waals surface area contributed by atoms with Crippen LogP contribution in [-0.2, 0) is 9.53 Å². The van der Waals surface area contributed by atoms with Crippen LogP contribution in [0.2, 0.25) is 0 Å². The van der Waals surface area contributed by atoms with Crippen molar-refractivity contribution in [1.29, 1.82) is 0 Å². The van der Waals surface area contributed by atoms with E-state index in [1.807, 2.05) is 50.3 Å². The highest BCUT2D eigenvalue weighted by atomic mass is 16.5. The van der Waals surface area contributed by atoms with Gasteiger partial charge in [-0.3, -0.25) is 4.79 Å². The summed E-state index contributed by atoms with van der Waals surface area (Å²) < 4.78 is 5.21. The molecular formula is C17H24O3. The second-order valence-corrected chi connectivity index (χ2v) is 5.97. The van der Waals surface area contributed by atoms with Gasteiger partial charge in [-0.25, -0.2) is 0 Å². The largest absolute Gasteiger partial charge is 0.465 e. The molecule has 0 saturated carbocycles. The van der Waals surface area contributed by atoms with Crippen molar-refractivity contribution in [3.8, 4) is 0 Å². The van der Waals surface area contributed by atoms with Gasteiger partial charge in [-0.15, -0.1) is 0 Å². The molecule has 0 bridgehead atoms. The number of aliphatic hydroxyl groups is 1. The third-order valence-electron chi connectivity index (χ3n) is 3.13. The molecule has 0 radical (unpaired) electrons. The van der Waals surface area contributed by atoms with Crippen molar-refractivity contribution in [1.82, 2.24) is 0 Å². The van der Waals surface area contributed by atoms with E-state index in [1.165, 1.54) is 0 Å². The average Bonchev–Trinajstić information content (AvgIpc) is 2.43. The summed E-state index contributed by atoms with van der Waals surface area (Å²) in [7, 11) is 0. The Bertz CT molecular complexity index is 447. The molecule has 0 aliphatic heterocycles. The van der Waals surface area contributed by atoms with Crippen LogP contribution in [0, 0.1) is 11.3 Å². The normalized spacial score (nSPS) is 13.7. The van der Waals surface area contributed by atoms with Crippen molar-refractivity contribution >= 4 is 12.0 Å². The van der Waals surface area contributed by atoms with Gasteiger partial charge in [0.05, 0.1) is 18.6 Å².